The number of aromatic nitrogens is 2. The Bertz CT molecular complexity index is 1380. The Morgan fingerprint density at radius 2 is 1.97 bits per heavy atom. The predicted molar refractivity (Wildman–Crippen MR) is 139 cm³/mol. The minimum Gasteiger partial charge on any atom is -0.388 e. The number of fused-ring (bicyclic) bond motifs is 2. The smallest absolute Gasteiger partial charge is 0.105 e. The van der Waals surface area contributed by atoms with Gasteiger partial charge < -0.3 is 19.8 Å². The summed E-state index contributed by atoms with van der Waals surface area (Å²) in [5, 5.41) is 31.7. The van der Waals surface area contributed by atoms with Crippen molar-refractivity contribution >= 4 is 16.5 Å². The van der Waals surface area contributed by atoms with E-state index in [1.54, 1.807) is 6.20 Å². The van der Waals surface area contributed by atoms with Gasteiger partial charge in [0.25, 0.3) is 0 Å². The van der Waals surface area contributed by atoms with Crippen molar-refractivity contribution in [1.82, 2.24) is 15.1 Å². The number of aliphatic hydroxyl groups excluding tert-OH is 2. The van der Waals surface area contributed by atoms with Gasteiger partial charge in [-0.15, -0.1) is 0 Å². The first kappa shape index (κ1) is 22.8. The zero-order valence-electron chi connectivity index (χ0n) is 21.5. The third-order valence-corrected chi connectivity index (χ3v) is 10.2. The number of allylic oxidation sites excluding steroid dienone is 3. The molecule has 0 amide bonds. The van der Waals surface area contributed by atoms with Gasteiger partial charge in [0.15, 0.2) is 0 Å². The number of hydrogen-bond donors (Lipinski definition) is 2. The fourth-order valence-corrected chi connectivity index (χ4v) is 8.60. The number of nitrogens with zero attached hydrogens (tertiary/aromatic N) is 3. The lowest BCUT2D eigenvalue weighted by Gasteiger charge is -2.56. The van der Waals surface area contributed by atoms with Crippen LogP contribution in [-0.4, -0.2) is 68.9 Å². The van der Waals surface area contributed by atoms with E-state index in [-0.39, 0.29) is 17.1 Å². The highest BCUT2D eigenvalue weighted by Crippen LogP contribution is 2.69. The third-order valence-electron chi connectivity index (χ3n) is 10.2. The molecule has 2 bridgehead atoms. The van der Waals surface area contributed by atoms with E-state index < -0.39 is 17.8 Å². The molecule has 1 saturated carbocycles. The quantitative estimate of drug-likeness (QED) is 0.669. The lowest BCUT2D eigenvalue weighted by Crippen LogP contribution is -2.62. The van der Waals surface area contributed by atoms with Crippen LogP contribution in [0.4, 0.5) is 0 Å². The maximum Gasteiger partial charge on any atom is 0.105 e. The Kier molecular flexibility index (Phi) is 4.65. The van der Waals surface area contributed by atoms with Crippen LogP contribution in [0.5, 0.6) is 0 Å². The van der Waals surface area contributed by atoms with Crippen LogP contribution in [0, 0.1) is 11.3 Å². The summed E-state index contributed by atoms with van der Waals surface area (Å²) in [4.78, 5) is 2.03. The molecule has 3 heterocycles. The molecular formula is C30H35N3O3. The molecule has 1 saturated heterocycles. The van der Waals surface area contributed by atoms with Crippen LogP contribution in [0.25, 0.3) is 16.5 Å². The van der Waals surface area contributed by atoms with Crippen molar-refractivity contribution in [2.75, 3.05) is 14.1 Å². The Morgan fingerprint density at radius 1 is 1.14 bits per heavy atom. The summed E-state index contributed by atoms with van der Waals surface area (Å²) in [5.74, 6) is 0.329. The molecule has 36 heavy (non-hydrogen) atoms. The first-order chi connectivity index (χ1) is 17.2. The number of likely N-dealkylation sites (N-methyl/N-ethyl adjacent to an activating group) is 1. The second kappa shape index (κ2) is 7.35. The van der Waals surface area contributed by atoms with E-state index >= 15 is 0 Å². The van der Waals surface area contributed by atoms with E-state index in [1.165, 1.54) is 22.3 Å². The van der Waals surface area contributed by atoms with E-state index in [0.717, 1.165) is 42.2 Å². The average Bonchev–Trinajstić information content (AvgIpc) is 3.36. The van der Waals surface area contributed by atoms with Crippen molar-refractivity contribution in [3.05, 3.63) is 64.9 Å². The number of benzene rings is 1. The standard InChI is InChI=1S/C30H35N3O3/c1-17-15-28(2)20(19-6-5-18-9-12-31-32-23(18)13-19)7-8-25(28)30-11-10-29(36-30)16-24(33(3)4)27(35)26(34)22(29)14-21(17)30/h5-7,9,12-14,24-27,34-35H,8,10-11,15-16H2,1-4H3/t24-,25?,26+,27+,28+,29+,30+/m0/s1. The highest BCUT2D eigenvalue weighted by atomic mass is 16.5. The monoisotopic (exact) mass is 485 g/mol. The van der Waals surface area contributed by atoms with Crippen LogP contribution in [0.1, 0.15) is 51.5 Å². The first-order valence-electron chi connectivity index (χ1n) is 13.3. The lowest BCUT2D eigenvalue weighted by atomic mass is 9.56. The van der Waals surface area contributed by atoms with Crippen molar-refractivity contribution in [2.45, 2.75) is 75.4 Å². The highest BCUT2D eigenvalue weighted by Gasteiger charge is 2.68. The molecule has 2 aromatic rings. The van der Waals surface area contributed by atoms with Gasteiger partial charge in [0, 0.05) is 22.8 Å². The molecule has 7 rings (SSSR count). The van der Waals surface area contributed by atoms with Gasteiger partial charge in [-0.1, -0.05) is 36.8 Å². The fourth-order valence-electron chi connectivity index (χ4n) is 8.60. The van der Waals surface area contributed by atoms with Crippen molar-refractivity contribution < 1.29 is 14.9 Å². The molecule has 1 aromatic carbocycles. The molecule has 6 heteroatoms. The average molecular weight is 486 g/mol. The molecule has 2 aliphatic heterocycles. The lowest BCUT2D eigenvalue weighted by molar-refractivity contribution is -0.162. The van der Waals surface area contributed by atoms with E-state index in [9.17, 15) is 10.2 Å². The summed E-state index contributed by atoms with van der Waals surface area (Å²) in [6.07, 6.45) is 9.18. The molecule has 188 valence electrons. The summed E-state index contributed by atoms with van der Waals surface area (Å²) in [7, 11) is 3.96. The molecule has 0 radical (unpaired) electrons. The van der Waals surface area contributed by atoms with Gasteiger partial charge >= 0.3 is 0 Å². The van der Waals surface area contributed by atoms with Gasteiger partial charge in [-0.05, 0) is 87.5 Å². The molecule has 5 aliphatic rings. The highest BCUT2D eigenvalue weighted by molar-refractivity contribution is 5.85. The zero-order valence-corrected chi connectivity index (χ0v) is 21.5. The largest absolute Gasteiger partial charge is 0.388 e. The maximum absolute atomic E-state index is 11.2. The third kappa shape index (κ3) is 2.76. The molecule has 1 unspecified atom stereocenters. The Balaban J connectivity index is 1.33. The molecule has 2 N–H and O–H groups in total. The van der Waals surface area contributed by atoms with Gasteiger partial charge in [0.1, 0.15) is 6.10 Å². The summed E-state index contributed by atoms with van der Waals surface area (Å²) in [5.41, 5.74) is 6.11. The zero-order chi connectivity index (χ0) is 25.0. The number of rotatable bonds is 2. The Hall–Kier alpha value is -2.38. The van der Waals surface area contributed by atoms with Gasteiger partial charge in [-0.2, -0.15) is 10.2 Å². The minimum atomic E-state index is -0.896. The van der Waals surface area contributed by atoms with Crippen LogP contribution >= 0.6 is 0 Å². The van der Waals surface area contributed by atoms with E-state index in [0.29, 0.717) is 12.3 Å². The van der Waals surface area contributed by atoms with Crippen LogP contribution in [-0.2, 0) is 4.74 Å². The number of aliphatic hydroxyl groups is 2. The van der Waals surface area contributed by atoms with Crippen LogP contribution in [0.2, 0.25) is 0 Å². The van der Waals surface area contributed by atoms with Crippen molar-refractivity contribution in [2.24, 2.45) is 11.3 Å². The number of ether oxygens (including phenoxy) is 1. The van der Waals surface area contributed by atoms with Crippen molar-refractivity contribution in [3.63, 3.8) is 0 Å². The molecule has 1 aromatic heterocycles. The van der Waals surface area contributed by atoms with Gasteiger partial charge in [0.2, 0.25) is 0 Å². The Morgan fingerprint density at radius 3 is 2.78 bits per heavy atom. The molecular weight excluding hydrogens is 450 g/mol. The second-order valence-electron chi connectivity index (χ2n) is 12.3. The minimum absolute atomic E-state index is 0.0475. The second-order valence-corrected chi connectivity index (χ2v) is 12.3. The number of hydrogen-bond acceptors (Lipinski definition) is 6. The van der Waals surface area contributed by atoms with Gasteiger partial charge in [-0.25, -0.2) is 0 Å². The van der Waals surface area contributed by atoms with E-state index in [2.05, 4.69) is 54.4 Å². The summed E-state index contributed by atoms with van der Waals surface area (Å²) in [6, 6.07) is 8.44. The normalized spacial score (nSPS) is 41.2. The SMILES string of the molecule is CC1=C2C=C3[C@@H](O)[C@H](O)[C@@H](N(C)C)C[C@]34CC[C@]2(O4)C2CC=C(c3ccc4ccnnc4c3)[C@@]2(C)C1. The van der Waals surface area contributed by atoms with Crippen molar-refractivity contribution in [1.29, 1.82) is 0 Å². The van der Waals surface area contributed by atoms with Crippen LogP contribution < -0.4 is 0 Å². The predicted octanol–water partition coefficient (Wildman–Crippen LogP) is 4.04. The maximum atomic E-state index is 11.2. The van der Waals surface area contributed by atoms with Gasteiger partial charge in [0.05, 0.1) is 29.0 Å². The molecule has 6 nitrogen and oxygen atoms in total. The van der Waals surface area contributed by atoms with E-state index in [4.69, 9.17) is 4.74 Å². The summed E-state index contributed by atoms with van der Waals surface area (Å²) < 4.78 is 7.30. The molecule has 2 spiro atoms. The Labute approximate surface area is 212 Å². The molecule has 7 atom stereocenters. The topological polar surface area (TPSA) is 78.7 Å². The first-order valence-corrected chi connectivity index (χ1v) is 13.3. The fraction of sp³-hybridized carbons (Fsp3) is 0.533. The van der Waals surface area contributed by atoms with Gasteiger partial charge in [-0.3, -0.25) is 0 Å². The van der Waals surface area contributed by atoms with Crippen molar-refractivity contribution in [3.8, 4) is 0 Å². The molecule has 2 fully saturated rings. The summed E-state index contributed by atoms with van der Waals surface area (Å²) >= 11 is 0. The van der Waals surface area contributed by atoms with E-state index in [1.807, 2.05) is 25.1 Å². The van der Waals surface area contributed by atoms with Crippen LogP contribution in [0.3, 0.4) is 0 Å². The van der Waals surface area contributed by atoms with Crippen LogP contribution in [0.15, 0.2) is 59.3 Å². The summed E-state index contributed by atoms with van der Waals surface area (Å²) in [6.45, 7) is 4.66. The molecule has 3 aliphatic carbocycles.